The molecule has 2 N–H and O–H groups in total. The van der Waals surface area contributed by atoms with Crippen LogP contribution < -0.4 is 10.1 Å². The predicted molar refractivity (Wildman–Crippen MR) is 98.2 cm³/mol. The van der Waals surface area contributed by atoms with Crippen molar-refractivity contribution in [1.82, 2.24) is 10.3 Å². The number of methoxy groups -OCH3 is 1. The largest absolute Gasteiger partial charge is 0.497 e. The molecule has 2 fully saturated rings. The Hall–Kier alpha value is -2.67. The Morgan fingerprint density at radius 2 is 2.19 bits per heavy atom. The minimum atomic E-state index is -0.958. The molecule has 1 amide bonds. The highest BCUT2D eigenvalue weighted by Crippen LogP contribution is 2.40. The van der Waals surface area contributed by atoms with Crippen molar-refractivity contribution < 1.29 is 24.2 Å². The summed E-state index contributed by atoms with van der Waals surface area (Å²) >= 11 is 0. The van der Waals surface area contributed by atoms with E-state index in [0.717, 1.165) is 24.1 Å². The molecule has 2 heterocycles. The third-order valence-corrected chi connectivity index (χ3v) is 5.25. The maximum atomic E-state index is 13.2. The number of carboxylic acids is 1. The lowest BCUT2D eigenvalue weighted by Gasteiger charge is -2.27. The summed E-state index contributed by atoms with van der Waals surface area (Å²) in [5.74, 6) is -0.224. The summed E-state index contributed by atoms with van der Waals surface area (Å²) in [6.07, 6.45) is 2.46. The maximum absolute atomic E-state index is 13.2. The minimum Gasteiger partial charge on any atom is -0.497 e. The van der Waals surface area contributed by atoms with Crippen molar-refractivity contribution in [3.63, 3.8) is 0 Å². The Morgan fingerprint density at radius 3 is 2.81 bits per heavy atom. The van der Waals surface area contributed by atoms with Gasteiger partial charge in [0.1, 0.15) is 5.75 Å². The number of nitrogens with zero attached hydrogens (tertiary/aromatic N) is 1. The fourth-order valence-electron chi connectivity index (χ4n) is 3.62. The van der Waals surface area contributed by atoms with Gasteiger partial charge in [-0.25, -0.2) is 0 Å². The normalized spacial score (nSPS) is 22.0. The molecule has 1 aromatic heterocycles. The second-order valence-corrected chi connectivity index (χ2v) is 7.36. The van der Waals surface area contributed by atoms with E-state index in [9.17, 15) is 14.7 Å². The van der Waals surface area contributed by atoms with Crippen molar-refractivity contribution in [3.8, 4) is 5.75 Å². The van der Waals surface area contributed by atoms with Crippen LogP contribution >= 0.6 is 0 Å². The van der Waals surface area contributed by atoms with Crippen molar-refractivity contribution in [2.45, 2.75) is 37.1 Å². The molecule has 27 heavy (non-hydrogen) atoms. The molecule has 2 aromatic rings. The number of hydrogen-bond donors (Lipinski definition) is 2. The van der Waals surface area contributed by atoms with E-state index in [2.05, 4.69) is 5.32 Å². The topological polar surface area (TPSA) is 97.8 Å². The molecular weight excluding hydrogens is 348 g/mol. The van der Waals surface area contributed by atoms with E-state index < -0.39 is 11.5 Å². The highest BCUT2D eigenvalue weighted by Gasteiger charge is 2.39. The highest BCUT2D eigenvalue weighted by molar-refractivity contribution is 6.07. The highest BCUT2D eigenvalue weighted by atomic mass is 16.5. The van der Waals surface area contributed by atoms with Crippen LogP contribution in [0, 0.1) is 0 Å². The number of aromatic nitrogens is 1. The molecule has 1 atom stereocenters. The van der Waals surface area contributed by atoms with Gasteiger partial charge in [0, 0.05) is 23.6 Å². The molecule has 0 bridgehead atoms. The molecule has 1 aromatic carbocycles. The fraction of sp³-hybridized carbons (Fsp3) is 0.450. The Labute approximate surface area is 156 Å². The van der Waals surface area contributed by atoms with E-state index in [1.54, 1.807) is 13.2 Å². The molecule has 2 aliphatic rings. The molecule has 0 spiro atoms. The SMILES string of the molecule is COc1ccc2nc(C3CC3)cc(C(=O)NC3(CC(=O)O)CCOC3)c2c1. The Kier molecular flexibility index (Phi) is 4.47. The smallest absolute Gasteiger partial charge is 0.305 e. The van der Waals surface area contributed by atoms with Crippen LogP contribution in [0.5, 0.6) is 5.75 Å². The first kappa shape index (κ1) is 17.7. The van der Waals surface area contributed by atoms with Gasteiger partial charge in [-0.15, -0.1) is 0 Å². The third-order valence-electron chi connectivity index (χ3n) is 5.25. The number of benzene rings is 1. The van der Waals surface area contributed by atoms with Crippen LogP contribution in [0.1, 0.15) is 47.7 Å². The first-order chi connectivity index (χ1) is 13.0. The minimum absolute atomic E-state index is 0.166. The number of ether oxygens (including phenoxy) is 2. The van der Waals surface area contributed by atoms with E-state index >= 15 is 0 Å². The Balaban J connectivity index is 1.74. The van der Waals surface area contributed by atoms with Gasteiger partial charge in [-0.1, -0.05) is 0 Å². The summed E-state index contributed by atoms with van der Waals surface area (Å²) in [6, 6.07) is 7.30. The van der Waals surface area contributed by atoms with Crippen LogP contribution in [0.3, 0.4) is 0 Å². The molecule has 1 aliphatic carbocycles. The van der Waals surface area contributed by atoms with Gasteiger partial charge in [0.25, 0.3) is 5.91 Å². The average Bonchev–Trinajstić information content (AvgIpc) is 3.40. The van der Waals surface area contributed by atoms with Gasteiger partial charge in [0.05, 0.1) is 36.8 Å². The summed E-state index contributed by atoms with van der Waals surface area (Å²) in [5.41, 5.74) is 1.27. The van der Waals surface area contributed by atoms with Gasteiger partial charge in [-0.05, 0) is 43.5 Å². The predicted octanol–water partition coefficient (Wildman–Crippen LogP) is 2.48. The zero-order valence-corrected chi connectivity index (χ0v) is 15.2. The van der Waals surface area contributed by atoms with Crippen LogP contribution in [-0.4, -0.2) is 47.8 Å². The number of pyridine rings is 1. The molecular formula is C20H22N2O5. The first-order valence-corrected chi connectivity index (χ1v) is 9.10. The van der Waals surface area contributed by atoms with E-state index in [0.29, 0.717) is 35.6 Å². The number of fused-ring (bicyclic) bond motifs is 1. The van der Waals surface area contributed by atoms with Crippen LogP contribution in [0.4, 0.5) is 0 Å². The number of aliphatic carboxylic acids is 1. The number of nitrogens with one attached hydrogen (secondary N) is 1. The number of carboxylic acid groups (broad SMARTS) is 1. The summed E-state index contributed by atoms with van der Waals surface area (Å²) in [5, 5.41) is 12.9. The fourth-order valence-corrected chi connectivity index (χ4v) is 3.62. The lowest BCUT2D eigenvalue weighted by molar-refractivity contribution is -0.138. The summed E-state index contributed by atoms with van der Waals surface area (Å²) < 4.78 is 10.7. The van der Waals surface area contributed by atoms with Gasteiger partial charge in [-0.2, -0.15) is 0 Å². The summed E-state index contributed by atoms with van der Waals surface area (Å²) in [6.45, 7) is 0.638. The van der Waals surface area contributed by atoms with Crippen LogP contribution in [-0.2, 0) is 9.53 Å². The lowest BCUT2D eigenvalue weighted by Crippen LogP contribution is -2.50. The van der Waals surface area contributed by atoms with Gasteiger partial charge in [0.2, 0.25) is 0 Å². The van der Waals surface area contributed by atoms with Crippen LogP contribution in [0.25, 0.3) is 10.9 Å². The Bertz CT molecular complexity index is 901. The van der Waals surface area contributed by atoms with Gasteiger partial charge in [0.15, 0.2) is 0 Å². The molecule has 1 saturated heterocycles. The molecule has 7 heteroatoms. The van der Waals surface area contributed by atoms with Crippen molar-refractivity contribution >= 4 is 22.8 Å². The third kappa shape index (κ3) is 3.60. The summed E-state index contributed by atoms with van der Waals surface area (Å²) in [7, 11) is 1.57. The van der Waals surface area contributed by atoms with Gasteiger partial charge in [-0.3, -0.25) is 14.6 Å². The van der Waals surface area contributed by atoms with E-state index in [4.69, 9.17) is 14.5 Å². The van der Waals surface area contributed by atoms with Crippen molar-refractivity contribution in [2.24, 2.45) is 0 Å². The van der Waals surface area contributed by atoms with Crippen molar-refractivity contribution in [1.29, 1.82) is 0 Å². The van der Waals surface area contributed by atoms with Crippen molar-refractivity contribution in [2.75, 3.05) is 20.3 Å². The molecule has 1 saturated carbocycles. The van der Waals surface area contributed by atoms with Gasteiger partial charge >= 0.3 is 5.97 Å². The zero-order chi connectivity index (χ0) is 19.0. The molecule has 142 valence electrons. The second kappa shape index (κ2) is 6.81. The number of hydrogen-bond acceptors (Lipinski definition) is 5. The quantitative estimate of drug-likeness (QED) is 0.811. The lowest BCUT2D eigenvalue weighted by atomic mass is 9.93. The van der Waals surface area contributed by atoms with E-state index in [1.165, 1.54) is 0 Å². The summed E-state index contributed by atoms with van der Waals surface area (Å²) in [4.78, 5) is 29.2. The van der Waals surface area contributed by atoms with Crippen molar-refractivity contribution in [3.05, 3.63) is 35.5 Å². The monoisotopic (exact) mass is 370 g/mol. The molecule has 0 radical (unpaired) electrons. The van der Waals surface area contributed by atoms with Gasteiger partial charge < -0.3 is 19.9 Å². The van der Waals surface area contributed by atoms with Crippen LogP contribution in [0.2, 0.25) is 0 Å². The maximum Gasteiger partial charge on any atom is 0.305 e. The zero-order valence-electron chi connectivity index (χ0n) is 15.2. The number of rotatable bonds is 6. The standard InChI is InChI=1S/C20H22N2O5/c1-26-13-4-5-16-14(8-13)15(9-17(21-16)12-2-3-12)19(25)22-20(10-18(23)24)6-7-27-11-20/h4-5,8-9,12H,2-3,6-7,10-11H2,1H3,(H,22,25)(H,23,24). The van der Waals surface area contributed by atoms with E-state index in [-0.39, 0.29) is 18.9 Å². The molecule has 1 aliphatic heterocycles. The first-order valence-electron chi connectivity index (χ1n) is 9.10. The van der Waals surface area contributed by atoms with E-state index in [1.807, 2.05) is 18.2 Å². The molecule has 4 rings (SSSR count). The van der Waals surface area contributed by atoms with Crippen LogP contribution in [0.15, 0.2) is 24.3 Å². The number of amides is 1. The second-order valence-electron chi connectivity index (χ2n) is 7.36. The average molecular weight is 370 g/mol. The molecule has 1 unspecified atom stereocenters. The Morgan fingerprint density at radius 1 is 1.37 bits per heavy atom. The number of carbonyl (C=O) groups is 2. The number of carbonyl (C=O) groups excluding carboxylic acids is 1. The molecule has 7 nitrogen and oxygen atoms in total.